The molecule has 0 aliphatic carbocycles. The van der Waals surface area contributed by atoms with Gasteiger partial charge in [-0.05, 0) is 50.2 Å². The molecule has 0 radical (unpaired) electrons. The van der Waals surface area contributed by atoms with E-state index < -0.39 is 0 Å². The van der Waals surface area contributed by atoms with E-state index >= 15 is 0 Å². The Kier molecular flexibility index (Phi) is 6.47. The Hall–Kier alpha value is -3.04. The third kappa shape index (κ3) is 4.63. The predicted molar refractivity (Wildman–Crippen MR) is 130 cm³/mol. The summed E-state index contributed by atoms with van der Waals surface area (Å²) in [6.45, 7) is 4.70. The van der Waals surface area contributed by atoms with E-state index in [9.17, 15) is 9.59 Å². The molecule has 2 aliphatic rings. The summed E-state index contributed by atoms with van der Waals surface area (Å²) < 4.78 is 1.74. The van der Waals surface area contributed by atoms with Crippen LogP contribution >= 0.6 is 11.6 Å². The van der Waals surface area contributed by atoms with Crippen LogP contribution in [-0.2, 0) is 11.8 Å². The Bertz CT molecular complexity index is 1180. The molecule has 178 valence electrons. The van der Waals surface area contributed by atoms with Crippen molar-refractivity contribution in [2.24, 2.45) is 13.0 Å². The summed E-state index contributed by atoms with van der Waals surface area (Å²) in [4.78, 5) is 40.8. The van der Waals surface area contributed by atoms with Crippen LogP contribution in [0.5, 0.6) is 0 Å². The summed E-state index contributed by atoms with van der Waals surface area (Å²) in [5, 5.41) is 5.85. The average molecular weight is 482 g/mol. The standard InChI is InChI=1S/C24H28ClN7O2/c1-29-23-20(14-28-29)24(27-16-26-23)32-12-10-31(11-13-32)21(33)15-30-8-6-18(7-9-30)22(34)17-2-4-19(25)5-3-17/h2-5,14,16,18H,6-13,15H2,1H3. The molecule has 0 spiro atoms. The first kappa shape index (κ1) is 22.7. The average Bonchev–Trinajstić information content (AvgIpc) is 3.25. The van der Waals surface area contributed by atoms with Gasteiger partial charge in [-0.15, -0.1) is 0 Å². The van der Waals surface area contributed by atoms with E-state index in [0.717, 1.165) is 55.9 Å². The molecule has 2 aromatic heterocycles. The monoisotopic (exact) mass is 481 g/mol. The molecule has 0 N–H and O–H groups in total. The molecule has 2 saturated heterocycles. The van der Waals surface area contributed by atoms with Crippen molar-refractivity contribution in [2.75, 3.05) is 50.7 Å². The van der Waals surface area contributed by atoms with Crippen LogP contribution in [0.4, 0.5) is 5.82 Å². The van der Waals surface area contributed by atoms with Crippen LogP contribution < -0.4 is 4.90 Å². The first-order valence-electron chi connectivity index (χ1n) is 11.7. The van der Waals surface area contributed by atoms with Gasteiger partial charge in [-0.2, -0.15) is 5.10 Å². The van der Waals surface area contributed by atoms with Gasteiger partial charge in [-0.1, -0.05) is 11.6 Å². The zero-order valence-electron chi connectivity index (χ0n) is 19.2. The number of fused-ring (bicyclic) bond motifs is 1. The molecule has 3 aromatic rings. The van der Waals surface area contributed by atoms with Crippen molar-refractivity contribution in [1.82, 2.24) is 29.5 Å². The third-order valence-electron chi connectivity index (χ3n) is 6.89. The van der Waals surface area contributed by atoms with Gasteiger partial charge >= 0.3 is 0 Å². The van der Waals surface area contributed by atoms with Gasteiger partial charge in [0.05, 0.1) is 18.1 Å². The van der Waals surface area contributed by atoms with Gasteiger partial charge in [0, 0.05) is 49.7 Å². The number of Topliss-reactive ketones (excluding diaryl/α,β-unsaturated/α-hetero) is 1. The highest BCUT2D eigenvalue weighted by Crippen LogP contribution is 2.24. The number of ketones is 1. The summed E-state index contributed by atoms with van der Waals surface area (Å²) in [5.74, 6) is 1.20. The topological polar surface area (TPSA) is 87.5 Å². The van der Waals surface area contributed by atoms with Gasteiger partial charge in [0.15, 0.2) is 11.4 Å². The number of benzene rings is 1. The molecule has 1 aromatic carbocycles. The van der Waals surface area contributed by atoms with E-state index in [2.05, 4.69) is 24.9 Å². The van der Waals surface area contributed by atoms with Crippen molar-refractivity contribution in [3.63, 3.8) is 0 Å². The van der Waals surface area contributed by atoms with Crippen molar-refractivity contribution < 1.29 is 9.59 Å². The van der Waals surface area contributed by atoms with Crippen LogP contribution in [0.15, 0.2) is 36.8 Å². The number of carbonyl (C=O) groups excluding carboxylic acids is 2. The number of anilines is 1. The fraction of sp³-hybridized carbons (Fsp3) is 0.458. The highest BCUT2D eigenvalue weighted by molar-refractivity contribution is 6.30. The number of aromatic nitrogens is 4. The van der Waals surface area contributed by atoms with Crippen molar-refractivity contribution in [3.8, 4) is 0 Å². The summed E-state index contributed by atoms with van der Waals surface area (Å²) in [5.41, 5.74) is 1.52. The smallest absolute Gasteiger partial charge is 0.236 e. The molecule has 2 fully saturated rings. The van der Waals surface area contributed by atoms with Crippen LogP contribution in [0, 0.1) is 5.92 Å². The number of aryl methyl sites for hydroxylation is 1. The second-order valence-corrected chi connectivity index (χ2v) is 9.43. The van der Waals surface area contributed by atoms with Gasteiger partial charge in [0.25, 0.3) is 0 Å². The minimum absolute atomic E-state index is 0.00764. The maximum absolute atomic E-state index is 12.9. The Balaban J connectivity index is 1.11. The van der Waals surface area contributed by atoms with Gasteiger partial charge in [-0.3, -0.25) is 19.2 Å². The van der Waals surface area contributed by atoms with Crippen LogP contribution in [0.3, 0.4) is 0 Å². The van der Waals surface area contributed by atoms with Crippen LogP contribution in [0.25, 0.3) is 11.0 Å². The van der Waals surface area contributed by atoms with Crippen LogP contribution in [0.2, 0.25) is 5.02 Å². The number of carbonyl (C=O) groups is 2. The fourth-order valence-corrected chi connectivity index (χ4v) is 4.99. The van der Waals surface area contributed by atoms with E-state index in [1.807, 2.05) is 11.9 Å². The number of amides is 1. The lowest BCUT2D eigenvalue weighted by atomic mass is 9.89. The number of hydrogen-bond acceptors (Lipinski definition) is 7. The molecular weight excluding hydrogens is 454 g/mol. The van der Waals surface area contributed by atoms with Crippen molar-refractivity contribution >= 4 is 40.1 Å². The number of nitrogens with zero attached hydrogens (tertiary/aromatic N) is 7. The highest BCUT2D eigenvalue weighted by atomic mass is 35.5. The molecule has 5 rings (SSSR count). The molecule has 0 saturated carbocycles. The lowest BCUT2D eigenvalue weighted by molar-refractivity contribution is -0.133. The van der Waals surface area contributed by atoms with E-state index in [0.29, 0.717) is 30.2 Å². The Morgan fingerprint density at radius 2 is 1.71 bits per heavy atom. The van der Waals surface area contributed by atoms with Gasteiger partial charge in [0.1, 0.15) is 12.1 Å². The van der Waals surface area contributed by atoms with Crippen molar-refractivity contribution in [3.05, 3.63) is 47.4 Å². The molecule has 0 bridgehead atoms. The Labute approximate surface area is 203 Å². The first-order valence-corrected chi connectivity index (χ1v) is 12.0. The quantitative estimate of drug-likeness (QED) is 0.516. The van der Waals surface area contributed by atoms with Gasteiger partial charge < -0.3 is 9.80 Å². The lowest BCUT2D eigenvalue weighted by Gasteiger charge is -2.37. The van der Waals surface area contributed by atoms with E-state index in [-0.39, 0.29) is 17.6 Å². The zero-order chi connectivity index (χ0) is 23.7. The first-order chi connectivity index (χ1) is 16.5. The summed E-state index contributed by atoms with van der Waals surface area (Å²) >= 11 is 5.93. The third-order valence-corrected chi connectivity index (χ3v) is 7.14. The van der Waals surface area contributed by atoms with E-state index in [1.165, 1.54) is 0 Å². The number of piperidine rings is 1. The minimum atomic E-state index is 0.00764. The van der Waals surface area contributed by atoms with E-state index in [1.54, 1.807) is 41.5 Å². The van der Waals surface area contributed by atoms with E-state index in [4.69, 9.17) is 11.6 Å². The summed E-state index contributed by atoms with van der Waals surface area (Å²) in [6.07, 6.45) is 4.91. The Morgan fingerprint density at radius 1 is 1.00 bits per heavy atom. The Morgan fingerprint density at radius 3 is 2.41 bits per heavy atom. The van der Waals surface area contributed by atoms with Gasteiger partial charge in [-0.25, -0.2) is 9.97 Å². The fourth-order valence-electron chi connectivity index (χ4n) is 4.86. The highest BCUT2D eigenvalue weighted by Gasteiger charge is 2.29. The normalized spacial score (nSPS) is 17.9. The summed E-state index contributed by atoms with van der Waals surface area (Å²) in [7, 11) is 1.87. The SMILES string of the molecule is Cn1ncc2c(N3CCN(C(=O)CN4CCC(C(=O)c5ccc(Cl)cc5)CC4)CC3)ncnc21. The zero-order valence-corrected chi connectivity index (χ0v) is 20.0. The number of likely N-dealkylation sites (tertiary alicyclic amines) is 1. The number of halogens is 1. The summed E-state index contributed by atoms with van der Waals surface area (Å²) in [6, 6.07) is 7.10. The minimum Gasteiger partial charge on any atom is -0.352 e. The van der Waals surface area contributed by atoms with Gasteiger partial charge in [0.2, 0.25) is 5.91 Å². The van der Waals surface area contributed by atoms with Crippen molar-refractivity contribution in [1.29, 1.82) is 0 Å². The second kappa shape index (κ2) is 9.68. The number of rotatable bonds is 5. The second-order valence-electron chi connectivity index (χ2n) is 8.99. The van der Waals surface area contributed by atoms with Crippen LogP contribution in [-0.4, -0.2) is 87.1 Å². The predicted octanol–water partition coefficient (Wildman–Crippen LogP) is 2.26. The largest absolute Gasteiger partial charge is 0.352 e. The maximum atomic E-state index is 12.9. The lowest BCUT2D eigenvalue weighted by Crippen LogP contribution is -2.52. The molecule has 0 unspecified atom stereocenters. The molecule has 9 nitrogen and oxygen atoms in total. The molecule has 34 heavy (non-hydrogen) atoms. The van der Waals surface area contributed by atoms with Crippen molar-refractivity contribution in [2.45, 2.75) is 12.8 Å². The molecule has 4 heterocycles. The number of hydrogen-bond donors (Lipinski definition) is 0. The number of piperazine rings is 1. The molecule has 0 atom stereocenters. The molecule has 2 aliphatic heterocycles. The van der Waals surface area contributed by atoms with Crippen LogP contribution in [0.1, 0.15) is 23.2 Å². The maximum Gasteiger partial charge on any atom is 0.236 e. The molecular formula is C24H28ClN7O2. The molecule has 1 amide bonds. The molecule has 10 heteroatoms.